The van der Waals surface area contributed by atoms with Gasteiger partial charge in [-0.15, -0.1) is 0 Å². The normalized spacial score (nSPS) is 9.46. The second-order valence-electron chi connectivity index (χ2n) is 2.18. The highest BCUT2D eigenvalue weighted by molar-refractivity contribution is 14.1. The summed E-state index contributed by atoms with van der Waals surface area (Å²) in [6.45, 7) is 0. The lowest BCUT2D eigenvalue weighted by molar-refractivity contribution is 0.0599. The van der Waals surface area contributed by atoms with Crippen LogP contribution in [0.1, 0.15) is 10.4 Å². The topological polar surface area (TPSA) is 48.4 Å². The Hall–Kier alpha value is -0.850. The quantitative estimate of drug-likeness (QED) is 0.471. The van der Waals surface area contributed by atoms with Gasteiger partial charge in [0, 0.05) is 6.07 Å². The lowest BCUT2D eigenvalue weighted by Crippen LogP contribution is -2.05. The van der Waals surface area contributed by atoms with E-state index >= 15 is 0 Å². The molecule has 1 aromatic heterocycles. The molecule has 1 aromatic rings. The smallest absolute Gasteiger partial charge is 0.340 e. The van der Waals surface area contributed by atoms with Crippen LogP contribution in [0.3, 0.4) is 0 Å². The molecule has 13 heavy (non-hydrogen) atoms. The fourth-order valence-corrected chi connectivity index (χ4v) is 1.43. The molecule has 0 fully saturated rings. The van der Waals surface area contributed by atoms with Crippen molar-refractivity contribution >= 4 is 28.6 Å². The molecular weight excluding hydrogens is 285 g/mol. The van der Waals surface area contributed by atoms with Crippen molar-refractivity contribution in [3.05, 3.63) is 21.4 Å². The highest BCUT2D eigenvalue weighted by Crippen LogP contribution is 2.15. The van der Waals surface area contributed by atoms with Crippen LogP contribution in [0.4, 0.5) is 0 Å². The molecule has 0 saturated carbocycles. The summed E-state index contributed by atoms with van der Waals surface area (Å²) in [4.78, 5) is 15.2. The van der Waals surface area contributed by atoms with Gasteiger partial charge in [0.25, 0.3) is 0 Å². The Labute approximate surface area is 89.4 Å². The van der Waals surface area contributed by atoms with Gasteiger partial charge in [0.15, 0.2) is 0 Å². The van der Waals surface area contributed by atoms with Crippen molar-refractivity contribution in [2.75, 3.05) is 14.2 Å². The Bertz CT molecular complexity index is 327. The van der Waals surface area contributed by atoms with Crippen LogP contribution < -0.4 is 4.74 Å². The molecule has 0 aliphatic carbocycles. The van der Waals surface area contributed by atoms with Crippen molar-refractivity contribution in [3.8, 4) is 5.88 Å². The number of esters is 1. The number of methoxy groups -OCH3 is 2. The number of carbonyl (C=O) groups is 1. The molecule has 1 rings (SSSR count). The van der Waals surface area contributed by atoms with Gasteiger partial charge in [-0.25, -0.2) is 9.78 Å². The average Bonchev–Trinajstić information content (AvgIpc) is 2.16. The lowest BCUT2D eigenvalue weighted by atomic mass is 10.3. The van der Waals surface area contributed by atoms with E-state index in [2.05, 4.69) is 9.72 Å². The van der Waals surface area contributed by atoms with Crippen molar-refractivity contribution < 1.29 is 14.3 Å². The van der Waals surface area contributed by atoms with E-state index in [1.165, 1.54) is 14.2 Å². The van der Waals surface area contributed by atoms with Crippen LogP contribution in [0, 0.1) is 3.70 Å². The van der Waals surface area contributed by atoms with E-state index in [1.54, 1.807) is 12.1 Å². The second kappa shape index (κ2) is 4.40. The zero-order valence-corrected chi connectivity index (χ0v) is 9.36. The number of rotatable bonds is 2. The molecule has 0 saturated heterocycles. The maximum atomic E-state index is 11.1. The van der Waals surface area contributed by atoms with E-state index < -0.39 is 0 Å². The molecule has 4 nitrogen and oxygen atoms in total. The number of hydrogen-bond acceptors (Lipinski definition) is 4. The number of pyridine rings is 1. The fourth-order valence-electron chi connectivity index (χ4n) is 0.794. The molecular formula is C8H8INO3. The molecule has 0 spiro atoms. The Balaban J connectivity index is 3.05. The summed E-state index contributed by atoms with van der Waals surface area (Å²) in [5, 5.41) is 0. The monoisotopic (exact) mass is 293 g/mol. The number of halogens is 1. The third kappa shape index (κ3) is 2.30. The van der Waals surface area contributed by atoms with Gasteiger partial charge in [0.1, 0.15) is 3.70 Å². The molecule has 1 heterocycles. The third-order valence-electron chi connectivity index (χ3n) is 1.44. The molecule has 0 radical (unpaired) electrons. The van der Waals surface area contributed by atoms with E-state index in [9.17, 15) is 4.79 Å². The van der Waals surface area contributed by atoms with Gasteiger partial charge in [-0.1, -0.05) is 0 Å². The molecule has 0 N–H and O–H groups in total. The Kier molecular flexibility index (Phi) is 3.47. The van der Waals surface area contributed by atoms with Crippen molar-refractivity contribution in [2.45, 2.75) is 0 Å². The van der Waals surface area contributed by atoms with Gasteiger partial charge in [-0.05, 0) is 28.7 Å². The Morgan fingerprint density at radius 1 is 1.46 bits per heavy atom. The van der Waals surface area contributed by atoms with E-state index in [0.29, 0.717) is 15.1 Å². The third-order valence-corrected chi connectivity index (χ3v) is 2.26. The highest BCUT2D eigenvalue weighted by Gasteiger charge is 2.11. The minimum atomic E-state index is -0.389. The maximum Gasteiger partial charge on any atom is 0.340 e. The number of nitrogens with zero attached hydrogens (tertiary/aromatic N) is 1. The van der Waals surface area contributed by atoms with Gasteiger partial charge >= 0.3 is 5.97 Å². The van der Waals surface area contributed by atoms with Crippen LogP contribution in [0.15, 0.2) is 12.1 Å². The summed E-state index contributed by atoms with van der Waals surface area (Å²) in [6, 6.07) is 3.24. The Morgan fingerprint density at radius 2 is 2.15 bits per heavy atom. The summed E-state index contributed by atoms with van der Waals surface area (Å²) in [7, 11) is 2.86. The molecule has 0 aliphatic heterocycles. The van der Waals surface area contributed by atoms with Crippen LogP contribution in [0.25, 0.3) is 0 Å². The number of carbonyl (C=O) groups excluding carboxylic acids is 1. The van der Waals surface area contributed by atoms with Crippen molar-refractivity contribution in [2.24, 2.45) is 0 Å². The first-order valence-corrected chi connectivity index (χ1v) is 4.55. The van der Waals surface area contributed by atoms with Crippen molar-refractivity contribution in [3.63, 3.8) is 0 Å². The van der Waals surface area contributed by atoms with E-state index in [1.807, 2.05) is 22.6 Å². The predicted octanol–water partition coefficient (Wildman–Crippen LogP) is 1.48. The highest BCUT2D eigenvalue weighted by atomic mass is 127. The van der Waals surface area contributed by atoms with Crippen LogP contribution in [-0.2, 0) is 4.74 Å². The van der Waals surface area contributed by atoms with Crippen LogP contribution in [-0.4, -0.2) is 25.2 Å². The summed E-state index contributed by atoms with van der Waals surface area (Å²) in [5.41, 5.74) is 0.448. The zero-order valence-electron chi connectivity index (χ0n) is 7.20. The number of ether oxygens (including phenoxy) is 2. The first kappa shape index (κ1) is 10.2. The van der Waals surface area contributed by atoms with Crippen LogP contribution in [0.2, 0.25) is 0 Å². The number of aromatic nitrogens is 1. The predicted molar refractivity (Wildman–Crippen MR) is 54.8 cm³/mol. The molecule has 0 unspecified atom stereocenters. The SMILES string of the molecule is COC(=O)c1ccc(OC)nc1I. The van der Waals surface area contributed by atoms with E-state index in [-0.39, 0.29) is 5.97 Å². The van der Waals surface area contributed by atoms with Gasteiger partial charge < -0.3 is 9.47 Å². The van der Waals surface area contributed by atoms with Gasteiger partial charge in [0.2, 0.25) is 5.88 Å². The molecule has 0 amide bonds. The van der Waals surface area contributed by atoms with Crippen molar-refractivity contribution in [1.82, 2.24) is 4.98 Å². The summed E-state index contributed by atoms with van der Waals surface area (Å²) in [5.74, 6) is 0.0941. The standard InChI is InChI=1S/C8H8INO3/c1-12-6-4-3-5(7(9)10-6)8(11)13-2/h3-4H,1-2H3. The largest absolute Gasteiger partial charge is 0.481 e. The molecule has 0 aliphatic rings. The van der Waals surface area contributed by atoms with E-state index in [4.69, 9.17) is 4.74 Å². The molecule has 0 atom stereocenters. The molecule has 5 heteroatoms. The van der Waals surface area contributed by atoms with Crippen LogP contribution in [0.5, 0.6) is 5.88 Å². The zero-order chi connectivity index (χ0) is 9.84. The second-order valence-corrected chi connectivity index (χ2v) is 3.21. The molecule has 70 valence electrons. The number of hydrogen-bond donors (Lipinski definition) is 0. The molecule has 0 bridgehead atoms. The molecule has 0 aromatic carbocycles. The van der Waals surface area contributed by atoms with Crippen molar-refractivity contribution in [1.29, 1.82) is 0 Å². The van der Waals surface area contributed by atoms with Gasteiger partial charge in [-0.2, -0.15) is 0 Å². The average molecular weight is 293 g/mol. The van der Waals surface area contributed by atoms with Gasteiger partial charge in [-0.3, -0.25) is 0 Å². The maximum absolute atomic E-state index is 11.1. The lowest BCUT2D eigenvalue weighted by Gasteiger charge is -2.03. The summed E-state index contributed by atoms with van der Waals surface area (Å²) in [6.07, 6.45) is 0. The Morgan fingerprint density at radius 3 is 2.62 bits per heavy atom. The minimum Gasteiger partial charge on any atom is -0.481 e. The van der Waals surface area contributed by atoms with Gasteiger partial charge in [0.05, 0.1) is 19.8 Å². The van der Waals surface area contributed by atoms with Crippen LogP contribution >= 0.6 is 22.6 Å². The van der Waals surface area contributed by atoms with E-state index in [0.717, 1.165) is 0 Å². The summed E-state index contributed by atoms with van der Waals surface area (Å²) >= 11 is 1.96. The minimum absolute atomic E-state index is 0.389. The summed E-state index contributed by atoms with van der Waals surface area (Å²) < 4.78 is 10.0. The first-order chi connectivity index (χ1) is 6.19. The first-order valence-electron chi connectivity index (χ1n) is 3.48. The fraction of sp³-hybridized carbons (Fsp3) is 0.250.